The molecule has 0 bridgehead atoms. The molecule has 0 aliphatic heterocycles. The maximum atomic E-state index is 13.0. The van der Waals surface area contributed by atoms with E-state index in [1.54, 1.807) is 19.1 Å². The first-order valence-corrected chi connectivity index (χ1v) is 11.2. The highest BCUT2D eigenvalue weighted by Crippen LogP contribution is 2.70. The average Bonchev–Trinajstić information content (AvgIpc) is 2.84. The third-order valence-corrected chi connectivity index (χ3v) is 10.1. The van der Waals surface area contributed by atoms with Gasteiger partial charge in [-0.25, -0.2) is 0 Å². The van der Waals surface area contributed by atoms with Crippen LogP contribution in [0, 0.1) is 16.7 Å². The Labute approximate surface area is 189 Å². The van der Waals surface area contributed by atoms with E-state index in [0.29, 0.717) is 12.8 Å². The number of Topliss-reactive ketones (excluding diaryl/α,β-unsaturated/α-hetero) is 1. The van der Waals surface area contributed by atoms with Crippen molar-refractivity contribution < 1.29 is 34.4 Å². The van der Waals surface area contributed by atoms with E-state index in [1.165, 1.54) is 0 Å². The summed E-state index contributed by atoms with van der Waals surface area (Å²) in [6, 6.07) is 0. The molecule has 0 aromatic heterocycles. The van der Waals surface area contributed by atoms with Gasteiger partial charge < -0.3 is 20.1 Å². The third kappa shape index (κ3) is 2.65. The van der Waals surface area contributed by atoms with Gasteiger partial charge in [-0.15, -0.1) is 0 Å². The number of rotatable bonds is 3. The Bertz CT molecular complexity index is 967. The summed E-state index contributed by atoms with van der Waals surface area (Å²) in [5.41, 5.74) is -2.10. The zero-order valence-corrected chi connectivity index (χ0v) is 19.3. The summed E-state index contributed by atoms with van der Waals surface area (Å²) in [6.45, 7) is 4.16. The van der Waals surface area contributed by atoms with E-state index in [1.807, 2.05) is 19.1 Å². The molecule has 2 saturated carbocycles. The van der Waals surface area contributed by atoms with Gasteiger partial charge in [0.15, 0.2) is 18.0 Å². The minimum Gasteiger partial charge on any atom is -0.458 e. The zero-order chi connectivity index (χ0) is 23.0. The second kappa shape index (κ2) is 6.94. The summed E-state index contributed by atoms with van der Waals surface area (Å²) in [5.74, 6) is -1.88. The number of aliphatic hydroxyl groups is 3. The molecule has 3 N–H and O–H groups in total. The van der Waals surface area contributed by atoms with Crippen molar-refractivity contribution in [3.8, 4) is 0 Å². The van der Waals surface area contributed by atoms with Crippen molar-refractivity contribution in [1.29, 1.82) is 0 Å². The number of halogens is 1. The molecule has 168 valence electrons. The van der Waals surface area contributed by atoms with Crippen LogP contribution in [0.1, 0.15) is 40.0 Å². The minimum atomic E-state index is -2.32. The minimum absolute atomic E-state index is 0.0532. The summed E-state index contributed by atoms with van der Waals surface area (Å²) in [6.07, 6.45) is 5.22. The fourth-order valence-electron chi connectivity index (χ4n) is 6.32. The molecule has 0 saturated heterocycles. The lowest BCUT2D eigenvalue weighted by molar-refractivity contribution is -0.174. The summed E-state index contributed by atoms with van der Waals surface area (Å²) in [7, 11) is 0. The number of ketones is 2. The normalized spacial score (nSPS) is 45.8. The number of aliphatic hydroxyl groups excluding tert-OH is 2. The molecule has 2 fully saturated rings. The lowest BCUT2D eigenvalue weighted by atomic mass is 9.51. The van der Waals surface area contributed by atoms with Crippen LogP contribution in [0.2, 0.25) is 0 Å². The first-order valence-electron chi connectivity index (χ1n) is 10.4. The average molecular weight is 495 g/mol. The molecule has 7 nitrogen and oxygen atoms in total. The van der Waals surface area contributed by atoms with Crippen LogP contribution < -0.4 is 0 Å². The summed E-state index contributed by atoms with van der Waals surface area (Å²) in [4.78, 5) is 36.1. The van der Waals surface area contributed by atoms with Gasteiger partial charge in [0.1, 0.15) is 6.10 Å². The smallest absolute Gasteiger partial charge is 0.303 e. The van der Waals surface area contributed by atoms with Crippen molar-refractivity contribution in [3.05, 3.63) is 35.5 Å². The number of carbonyl (C=O) groups is 3. The molecule has 0 spiro atoms. The molecule has 8 heteroatoms. The number of ether oxygens (including phenoxy) is 1. The molecule has 0 amide bonds. The number of allylic oxidation sites excluding steroid dienone is 6. The Kier molecular flexibility index (Phi) is 5.06. The summed E-state index contributed by atoms with van der Waals surface area (Å²) < 4.78 is 3.61. The largest absolute Gasteiger partial charge is 0.458 e. The predicted molar refractivity (Wildman–Crippen MR) is 114 cm³/mol. The highest BCUT2D eigenvalue weighted by molar-refractivity contribution is 9.10. The molecule has 4 aliphatic carbocycles. The molecular weight excluding hydrogens is 468 g/mol. The topological polar surface area (TPSA) is 121 Å². The molecule has 0 aromatic rings. The van der Waals surface area contributed by atoms with Crippen LogP contribution in [-0.4, -0.2) is 61.6 Å². The molecule has 0 radical (unpaired) electrons. The molecule has 4 aliphatic rings. The number of hydrogen-bond donors (Lipinski definition) is 3. The van der Waals surface area contributed by atoms with Crippen LogP contribution >= 0.6 is 15.9 Å². The Balaban J connectivity index is 1.82. The second-order valence-electron chi connectivity index (χ2n) is 9.52. The van der Waals surface area contributed by atoms with Crippen molar-refractivity contribution in [2.75, 3.05) is 6.61 Å². The van der Waals surface area contributed by atoms with Crippen LogP contribution in [0.25, 0.3) is 0 Å². The van der Waals surface area contributed by atoms with Crippen molar-refractivity contribution >= 4 is 33.5 Å². The number of fused-ring (bicyclic) bond motifs is 5. The fourth-order valence-corrected chi connectivity index (χ4v) is 7.51. The first kappa shape index (κ1) is 22.6. The quantitative estimate of drug-likeness (QED) is 0.309. The van der Waals surface area contributed by atoms with Gasteiger partial charge in [-0.1, -0.05) is 46.2 Å². The third-order valence-electron chi connectivity index (χ3n) is 8.16. The molecule has 4 rings (SSSR count). The zero-order valence-electron chi connectivity index (χ0n) is 17.7. The van der Waals surface area contributed by atoms with E-state index in [0.717, 1.165) is 18.1 Å². The molecular formula is C23H27BrO7. The maximum Gasteiger partial charge on any atom is 0.303 e. The molecule has 2 unspecified atom stereocenters. The summed E-state index contributed by atoms with van der Waals surface area (Å²) in [5, 5.41) is 33.7. The van der Waals surface area contributed by atoms with E-state index in [-0.39, 0.29) is 18.1 Å². The standard InChI is InChI=1S/C23H27BrO7/c1-12(25)31-11-17(27)23(30)19(29)18(28)22(24)16-5-4-13-10-14(26)6-8-20(13,2)15(16)7-9-21(22,23)3/h6-8,10,16,18-19,28-30H,4-5,9,11H2,1-3H3/t16-,18?,19-,20+,21+,22?,23-/m1/s1. The predicted octanol–water partition coefficient (Wildman–Crippen LogP) is 1.54. The van der Waals surface area contributed by atoms with Crippen LogP contribution in [0.15, 0.2) is 35.5 Å². The van der Waals surface area contributed by atoms with Crippen LogP contribution in [0.3, 0.4) is 0 Å². The molecule has 0 aromatic carbocycles. The van der Waals surface area contributed by atoms with E-state index in [4.69, 9.17) is 4.74 Å². The van der Waals surface area contributed by atoms with Crippen molar-refractivity contribution in [2.24, 2.45) is 16.7 Å². The number of alkyl halides is 1. The fraction of sp³-hybridized carbons (Fsp3) is 0.609. The Morgan fingerprint density at radius 2 is 1.94 bits per heavy atom. The van der Waals surface area contributed by atoms with Crippen LogP contribution in [0.4, 0.5) is 0 Å². The monoisotopic (exact) mass is 494 g/mol. The van der Waals surface area contributed by atoms with Gasteiger partial charge in [-0.2, -0.15) is 0 Å². The highest BCUT2D eigenvalue weighted by atomic mass is 79.9. The van der Waals surface area contributed by atoms with E-state index in [9.17, 15) is 29.7 Å². The SMILES string of the molecule is CC(=O)OCC(=O)[C@@]1(O)[C@H](O)C(O)C2(Br)[C@@H]3CCC4=CC(=O)C=C[C@]4(C)C3=CC[C@@]21C. The van der Waals surface area contributed by atoms with Crippen molar-refractivity contribution in [1.82, 2.24) is 0 Å². The van der Waals surface area contributed by atoms with Crippen molar-refractivity contribution in [3.63, 3.8) is 0 Å². The lowest BCUT2D eigenvalue weighted by Gasteiger charge is -2.57. The van der Waals surface area contributed by atoms with E-state index in [2.05, 4.69) is 15.9 Å². The number of hydrogen-bond acceptors (Lipinski definition) is 7. The van der Waals surface area contributed by atoms with Crippen LogP contribution in [-0.2, 0) is 19.1 Å². The lowest BCUT2D eigenvalue weighted by Crippen LogP contribution is -2.63. The van der Waals surface area contributed by atoms with E-state index < -0.39 is 51.3 Å². The van der Waals surface area contributed by atoms with Gasteiger partial charge in [0.25, 0.3) is 0 Å². The Morgan fingerprint density at radius 1 is 1.26 bits per heavy atom. The van der Waals surface area contributed by atoms with Crippen molar-refractivity contribution in [2.45, 2.75) is 62.2 Å². The number of esters is 1. The van der Waals surface area contributed by atoms with Gasteiger partial charge in [0.2, 0.25) is 5.78 Å². The van der Waals surface area contributed by atoms with Gasteiger partial charge in [-0.3, -0.25) is 14.4 Å². The van der Waals surface area contributed by atoms with Gasteiger partial charge >= 0.3 is 5.97 Å². The molecule has 7 atom stereocenters. The van der Waals surface area contributed by atoms with Gasteiger partial charge in [-0.05, 0) is 44.3 Å². The molecule has 31 heavy (non-hydrogen) atoms. The highest BCUT2D eigenvalue weighted by Gasteiger charge is 2.78. The second-order valence-corrected chi connectivity index (χ2v) is 10.8. The Hall–Kier alpha value is -1.61. The Morgan fingerprint density at radius 3 is 2.58 bits per heavy atom. The van der Waals surface area contributed by atoms with Gasteiger partial charge in [0.05, 0.1) is 10.4 Å². The van der Waals surface area contributed by atoms with Crippen LogP contribution in [0.5, 0.6) is 0 Å². The van der Waals surface area contributed by atoms with E-state index >= 15 is 0 Å². The maximum absolute atomic E-state index is 13.0. The van der Waals surface area contributed by atoms with Gasteiger partial charge in [0, 0.05) is 17.8 Å². The molecule has 0 heterocycles. The number of carbonyl (C=O) groups excluding carboxylic acids is 3. The summed E-state index contributed by atoms with van der Waals surface area (Å²) >= 11 is 3.72. The first-order chi connectivity index (χ1) is 14.3.